The van der Waals surface area contributed by atoms with Crippen LogP contribution < -0.4 is 10.1 Å². The van der Waals surface area contributed by atoms with Gasteiger partial charge in [0.2, 0.25) is 15.9 Å². The maximum absolute atomic E-state index is 12.4. The molecule has 0 atom stereocenters. The van der Waals surface area contributed by atoms with Crippen molar-refractivity contribution >= 4 is 15.9 Å². The first-order valence-electron chi connectivity index (χ1n) is 7.48. The van der Waals surface area contributed by atoms with Crippen molar-refractivity contribution in [3.63, 3.8) is 0 Å². The molecule has 1 aliphatic heterocycles. The number of rotatable bonds is 8. The van der Waals surface area contributed by atoms with Gasteiger partial charge < -0.3 is 14.8 Å². The summed E-state index contributed by atoms with van der Waals surface area (Å²) in [4.78, 5) is 11.9. The van der Waals surface area contributed by atoms with Gasteiger partial charge in [0.05, 0.1) is 24.7 Å². The molecule has 1 aromatic carbocycles. The number of amides is 1. The van der Waals surface area contributed by atoms with E-state index in [0.29, 0.717) is 19.0 Å². The molecular formula is C15H22N2O5S. The molecule has 0 aromatic heterocycles. The van der Waals surface area contributed by atoms with Crippen LogP contribution in [0, 0.1) is 0 Å². The molecule has 0 saturated carbocycles. The van der Waals surface area contributed by atoms with Gasteiger partial charge in [-0.05, 0) is 31.2 Å². The van der Waals surface area contributed by atoms with Crippen molar-refractivity contribution in [3.8, 4) is 5.75 Å². The quantitative estimate of drug-likeness (QED) is 0.700. The maximum atomic E-state index is 12.4. The second-order valence-electron chi connectivity index (χ2n) is 5.21. The van der Waals surface area contributed by atoms with Crippen molar-refractivity contribution in [3.05, 3.63) is 24.3 Å². The van der Waals surface area contributed by atoms with E-state index in [4.69, 9.17) is 9.47 Å². The van der Waals surface area contributed by atoms with Crippen molar-refractivity contribution in [2.24, 2.45) is 0 Å². The Morgan fingerprint density at radius 2 is 1.96 bits per heavy atom. The molecule has 0 spiro atoms. The summed E-state index contributed by atoms with van der Waals surface area (Å²) in [5.74, 6) is 0.483. The second kappa shape index (κ2) is 7.76. The lowest BCUT2D eigenvalue weighted by molar-refractivity contribution is -0.123. The number of hydrogen-bond acceptors (Lipinski definition) is 5. The lowest BCUT2D eigenvalue weighted by atomic mass is 10.2. The number of methoxy groups -OCH3 is 1. The number of carbonyl (C=O) groups is 1. The Kier molecular flexibility index (Phi) is 5.97. The number of hydrogen-bond donors (Lipinski definition) is 1. The molecule has 128 valence electrons. The van der Waals surface area contributed by atoms with Crippen LogP contribution >= 0.6 is 0 Å². The number of nitrogens with one attached hydrogen (secondary N) is 1. The Bertz CT molecular complexity index is 624. The number of nitrogens with zero attached hydrogens (tertiary/aromatic N) is 1. The van der Waals surface area contributed by atoms with Gasteiger partial charge in [-0.25, -0.2) is 8.42 Å². The standard InChI is InChI=1S/C15H22N2O5S/c1-3-22-9-8-15(18)16-12-10-17(11-12)23(19,20)14-6-4-13(21-2)5-7-14/h4-7,12H,3,8-11H2,1-2H3,(H,16,18). The van der Waals surface area contributed by atoms with Crippen molar-refractivity contribution in [2.45, 2.75) is 24.3 Å². The molecule has 1 heterocycles. The van der Waals surface area contributed by atoms with Gasteiger partial charge in [-0.2, -0.15) is 4.31 Å². The molecular weight excluding hydrogens is 320 g/mol. The van der Waals surface area contributed by atoms with E-state index in [0.717, 1.165) is 0 Å². The van der Waals surface area contributed by atoms with E-state index >= 15 is 0 Å². The van der Waals surface area contributed by atoms with Gasteiger partial charge in [-0.1, -0.05) is 0 Å². The summed E-state index contributed by atoms with van der Waals surface area (Å²) >= 11 is 0. The number of sulfonamides is 1. The third kappa shape index (κ3) is 4.43. The van der Waals surface area contributed by atoms with E-state index < -0.39 is 10.0 Å². The Hall–Kier alpha value is -1.64. The molecule has 1 aromatic rings. The molecule has 23 heavy (non-hydrogen) atoms. The molecule has 2 rings (SSSR count). The van der Waals surface area contributed by atoms with Crippen LogP contribution in [-0.2, 0) is 19.6 Å². The Morgan fingerprint density at radius 3 is 2.52 bits per heavy atom. The highest BCUT2D eigenvalue weighted by atomic mass is 32.2. The highest BCUT2D eigenvalue weighted by Gasteiger charge is 2.37. The van der Waals surface area contributed by atoms with Crippen LogP contribution in [0.25, 0.3) is 0 Å². The number of ether oxygens (including phenoxy) is 2. The predicted octanol–water partition coefficient (Wildman–Crippen LogP) is 0.611. The monoisotopic (exact) mass is 342 g/mol. The molecule has 7 nitrogen and oxygen atoms in total. The Balaban J connectivity index is 1.84. The van der Waals surface area contributed by atoms with Crippen LogP contribution in [0.4, 0.5) is 0 Å². The lowest BCUT2D eigenvalue weighted by Crippen LogP contribution is -2.60. The minimum Gasteiger partial charge on any atom is -0.497 e. The Morgan fingerprint density at radius 1 is 1.30 bits per heavy atom. The first kappa shape index (κ1) is 17.7. The fourth-order valence-corrected chi connectivity index (χ4v) is 3.76. The summed E-state index contributed by atoms with van der Waals surface area (Å²) in [5, 5.41) is 2.80. The highest BCUT2D eigenvalue weighted by molar-refractivity contribution is 7.89. The first-order valence-corrected chi connectivity index (χ1v) is 8.92. The average Bonchev–Trinajstić information content (AvgIpc) is 2.50. The van der Waals surface area contributed by atoms with E-state index in [9.17, 15) is 13.2 Å². The van der Waals surface area contributed by atoms with E-state index in [1.165, 1.54) is 23.5 Å². The largest absolute Gasteiger partial charge is 0.497 e. The minimum atomic E-state index is -3.52. The van der Waals surface area contributed by atoms with Crippen molar-refractivity contribution in [2.75, 3.05) is 33.4 Å². The third-order valence-electron chi connectivity index (χ3n) is 3.59. The molecule has 1 N–H and O–H groups in total. The lowest BCUT2D eigenvalue weighted by Gasteiger charge is -2.38. The van der Waals surface area contributed by atoms with Crippen molar-refractivity contribution in [1.29, 1.82) is 0 Å². The van der Waals surface area contributed by atoms with Crippen LogP contribution in [0.15, 0.2) is 29.2 Å². The van der Waals surface area contributed by atoms with Gasteiger partial charge in [0, 0.05) is 26.1 Å². The van der Waals surface area contributed by atoms with Crippen LogP contribution in [0.3, 0.4) is 0 Å². The predicted molar refractivity (Wildman–Crippen MR) is 84.8 cm³/mol. The topological polar surface area (TPSA) is 84.9 Å². The third-order valence-corrected chi connectivity index (χ3v) is 5.43. The summed E-state index contributed by atoms with van der Waals surface area (Å²) in [7, 11) is -1.99. The average molecular weight is 342 g/mol. The summed E-state index contributed by atoms with van der Waals surface area (Å²) in [5.41, 5.74) is 0. The molecule has 1 amide bonds. The normalized spacial score (nSPS) is 15.9. The summed E-state index contributed by atoms with van der Waals surface area (Å²) in [6, 6.07) is 6.11. The number of benzene rings is 1. The minimum absolute atomic E-state index is 0.120. The van der Waals surface area contributed by atoms with E-state index in [1.54, 1.807) is 12.1 Å². The first-order chi connectivity index (χ1) is 11.0. The zero-order valence-corrected chi connectivity index (χ0v) is 14.1. The van der Waals surface area contributed by atoms with Crippen LogP contribution in [0.2, 0.25) is 0 Å². The van der Waals surface area contributed by atoms with Gasteiger partial charge in [-0.3, -0.25) is 4.79 Å². The second-order valence-corrected chi connectivity index (χ2v) is 7.15. The number of carbonyl (C=O) groups excluding carboxylic acids is 1. The van der Waals surface area contributed by atoms with E-state index in [2.05, 4.69) is 5.32 Å². The van der Waals surface area contributed by atoms with Gasteiger partial charge in [-0.15, -0.1) is 0 Å². The van der Waals surface area contributed by atoms with Gasteiger partial charge >= 0.3 is 0 Å². The maximum Gasteiger partial charge on any atom is 0.243 e. The molecule has 1 aliphatic rings. The summed E-state index contributed by atoms with van der Waals surface area (Å²) < 4.78 is 36.3. The molecule has 0 radical (unpaired) electrons. The van der Waals surface area contributed by atoms with Gasteiger partial charge in [0.1, 0.15) is 5.75 Å². The van der Waals surface area contributed by atoms with Crippen LogP contribution in [-0.4, -0.2) is 58.1 Å². The van der Waals surface area contributed by atoms with E-state index in [1.807, 2.05) is 6.92 Å². The fraction of sp³-hybridized carbons (Fsp3) is 0.533. The van der Waals surface area contributed by atoms with E-state index in [-0.39, 0.29) is 36.4 Å². The van der Waals surface area contributed by atoms with Crippen LogP contribution in [0.5, 0.6) is 5.75 Å². The van der Waals surface area contributed by atoms with Crippen LogP contribution in [0.1, 0.15) is 13.3 Å². The highest BCUT2D eigenvalue weighted by Crippen LogP contribution is 2.23. The zero-order chi connectivity index (χ0) is 16.9. The molecule has 1 fully saturated rings. The SMILES string of the molecule is CCOCCC(=O)NC1CN(S(=O)(=O)c2ccc(OC)cc2)C1. The van der Waals surface area contributed by atoms with Crippen molar-refractivity contribution < 1.29 is 22.7 Å². The fourth-order valence-electron chi connectivity index (χ4n) is 2.23. The molecule has 0 aliphatic carbocycles. The smallest absolute Gasteiger partial charge is 0.243 e. The Labute approximate surface area is 136 Å². The molecule has 0 unspecified atom stereocenters. The van der Waals surface area contributed by atoms with Gasteiger partial charge in [0.15, 0.2) is 0 Å². The zero-order valence-electron chi connectivity index (χ0n) is 13.3. The summed E-state index contributed by atoms with van der Waals surface area (Å²) in [6.07, 6.45) is 0.287. The van der Waals surface area contributed by atoms with Gasteiger partial charge in [0.25, 0.3) is 0 Å². The van der Waals surface area contributed by atoms with Crippen molar-refractivity contribution in [1.82, 2.24) is 9.62 Å². The molecule has 1 saturated heterocycles. The summed E-state index contributed by atoms with van der Waals surface area (Å²) in [6.45, 7) is 3.39. The molecule has 0 bridgehead atoms. The molecule has 8 heteroatoms.